The Morgan fingerprint density at radius 2 is 2.17 bits per heavy atom. The summed E-state index contributed by atoms with van der Waals surface area (Å²) in [6, 6.07) is 11.4. The van der Waals surface area contributed by atoms with Gasteiger partial charge in [0.05, 0.1) is 25.9 Å². The van der Waals surface area contributed by atoms with E-state index < -0.39 is 0 Å². The van der Waals surface area contributed by atoms with E-state index in [1.807, 2.05) is 36.4 Å². The van der Waals surface area contributed by atoms with E-state index in [-0.39, 0.29) is 12.1 Å². The fourth-order valence-corrected chi connectivity index (χ4v) is 3.35. The number of hydrogen-bond donors (Lipinski definition) is 1. The molecule has 1 atom stereocenters. The minimum absolute atomic E-state index is 0.176. The molecule has 0 spiro atoms. The minimum Gasteiger partial charge on any atom is -0.383 e. The number of ether oxygens (including phenoxy) is 3. The van der Waals surface area contributed by atoms with Crippen molar-refractivity contribution in [3.05, 3.63) is 59.9 Å². The van der Waals surface area contributed by atoms with Crippen molar-refractivity contribution in [2.75, 3.05) is 38.8 Å². The summed E-state index contributed by atoms with van der Waals surface area (Å²) in [5.74, 6) is 0. The molecule has 2 heterocycles. The number of urea groups is 1. The summed E-state index contributed by atoms with van der Waals surface area (Å²) in [4.78, 5) is 18.7. The number of hydrogen-bond acceptors (Lipinski definition) is 5. The Kier molecular flexibility index (Phi) is 9.08. The van der Waals surface area contributed by atoms with Crippen molar-refractivity contribution in [1.29, 1.82) is 0 Å². The third kappa shape index (κ3) is 7.40. The SMILES string of the molecule is COCCN(Cc1cccnc1)C(=O)Nc1cccc(COCC2CCCCO2)c1. The lowest BCUT2D eigenvalue weighted by Gasteiger charge is -2.23. The van der Waals surface area contributed by atoms with Crippen LogP contribution in [0.15, 0.2) is 48.8 Å². The van der Waals surface area contributed by atoms with E-state index in [0.29, 0.717) is 32.9 Å². The van der Waals surface area contributed by atoms with Crippen LogP contribution in [0.5, 0.6) is 0 Å². The maximum atomic E-state index is 12.8. The van der Waals surface area contributed by atoms with Crippen LogP contribution in [0.3, 0.4) is 0 Å². The lowest BCUT2D eigenvalue weighted by atomic mass is 10.1. The van der Waals surface area contributed by atoms with Gasteiger partial charge in [0.15, 0.2) is 0 Å². The number of nitrogens with one attached hydrogen (secondary N) is 1. The number of aromatic nitrogens is 1. The number of rotatable bonds is 10. The monoisotopic (exact) mass is 413 g/mol. The molecule has 1 aromatic heterocycles. The van der Waals surface area contributed by atoms with Gasteiger partial charge in [0, 0.05) is 44.9 Å². The van der Waals surface area contributed by atoms with Gasteiger partial charge >= 0.3 is 6.03 Å². The van der Waals surface area contributed by atoms with Gasteiger partial charge in [0.2, 0.25) is 0 Å². The fraction of sp³-hybridized carbons (Fsp3) is 0.478. The second kappa shape index (κ2) is 12.3. The van der Waals surface area contributed by atoms with Crippen molar-refractivity contribution in [2.24, 2.45) is 0 Å². The summed E-state index contributed by atoms with van der Waals surface area (Å²) in [6.07, 6.45) is 7.08. The van der Waals surface area contributed by atoms with Crippen molar-refractivity contribution in [1.82, 2.24) is 9.88 Å². The molecular weight excluding hydrogens is 382 g/mol. The topological polar surface area (TPSA) is 72.9 Å². The summed E-state index contributed by atoms with van der Waals surface area (Å²) >= 11 is 0. The molecule has 0 bridgehead atoms. The first kappa shape index (κ1) is 22.2. The Bertz CT molecular complexity index is 766. The molecule has 2 aromatic rings. The molecule has 1 aromatic carbocycles. The van der Waals surface area contributed by atoms with Crippen LogP contribution in [-0.2, 0) is 27.4 Å². The average Bonchev–Trinajstić information content (AvgIpc) is 2.78. The summed E-state index contributed by atoms with van der Waals surface area (Å²) in [5, 5.41) is 2.98. The van der Waals surface area contributed by atoms with E-state index in [0.717, 1.165) is 36.3 Å². The van der Waals surface area contributed by atoms with E-state index in [1.165, 1.54) is 6.42 Å². The predicted octanol–water partition coefficient (Wildman–Crippen LogP) is 3.85. The third-order valence-electron chi connectivity index (χ3n) is 4.97. The zero-order valence-corrected chi connectivity index (χ0v) is 17.6. The number of carbonyl (C=O) groups excluding carboxylic acids is 1. The maximum Gasteiger partial charge on any atom is 0.322 e. The zero-order chi connectivity index (χ0) is 21.0. The second-order valence-corrected chi connectivity index (χ2v) is 7.41. The first-order chi connectivity index (χ1) is 14.7. The molecule has 2 amide bonds. The normalized spacial score (nSPS) is 16.2. The van der Waals surface area contributed by atoms with Crippen molar-refractivity contribution in [2.45, 2.75) is 38.5 Å². The largest absolute Gasteiger partial charge is 0.383 e. The van der Waals surface area contributed by atoms with Crippen LogP contribution in [0.1, 0.15) is 30.4 Å². The molecule has 0 saturated carbocycles. The highest BCUT2D eigenvalue weighted by atomic mass is 16.5. The molecule has 162 valence electrons. The number of pyridine rings is 1. The molecule has 1 fully saturated rings. The Labute approximate surface area is 178 Å². The molecule has 1 unspecified atom stereocenters. The smallest absolute Gasteiger partial charge is 0.322 e. The highest BCUT2D eigenvalue weighted by Crippen LogP contribution is 2.16. The molecule has 1 aliphatic rings. The Balaban J connectivity index is 1.53. The fourth-order valence-electron chi connectivity index (χ4n) is 3.35. The van der Waals surface area contributed by atoms with Crippen molar-refractivity contribution in [3.63, 3.8) is 0 Å². The van der Waals surface area contributed by atoms with Crippen LogP contribution in [0.4, 0.5) is 10.5 Å². The van der Waals surface area contributed by atoms with Crippen LogP contribution in [0.2, 0.25) is 0 Å². The summed E-state index contributed by atoms with van der Waals surface area (Å²) < 4.78 is 16.7. The van der Waals surface area contributed by atoms with Gasteiger partial charge in [0.25, 0.3) is 0 Å². The average molecular weight is 414 g/mol. The molecular formula is C23H31N3O4. The molecule has 1 saturated heterocycles. The van der Waals surface area contributed by atoms with Crippen LogP contribution < -0.4 is 5.32 Å². The van der Waals surface area contributed by atoms with Crippen LogP contribution >= 0.6 is 0 Å². The van der Waals surface area contributed by atoms with Gasteiger partial charge in [-0.25, -0.2) is 4.79 Å². The van der Waals surface area contributed by atoms with E-state index in [1.54, 1.807) is 24.4 Å². The molecule has 7 heteroatoms. The Morgan fingerprint density at radius 3 is 2.93 bits per heavy atom. The summed E-state index contributed by atoms with van der Waals surface area (Å²) in [6.45, 7) is 3.34. The van der Waals surface area contributed by atoms with E-state index in [2.05, 4.69) is 10.3 Å². The first-order valence-corrected chi connectivity index (χ1v) is 10.5. The molecule has 1 N–H and O–H groups in total. The van der Waals surface area contributed by atoms with Gasteiger partial charge in [-0.1, -0.05) is 18.2 Å². The van der Waals surface area contributed by atoms with Gasteiger partial charge in [-0.05, 0) is 48.6 Å². The molecule has 0 aliphatic carbocycles. The number of carbonyl (C=O) groups is 1. The molecule has 7 nitrogen and oxygen atoms in total. The highest BCUT2D eigenvalue weighted by Gasteiger charge is 2.15. The van der Waals surface area contributed by atoms with Gasteiger partial charge in [-0.3, -0.25) is 4.98 Å². The number of benzene rings is 1. The standard InChI is InChI=1S/C23H31N3O4/c1-28-13-11-26(16-20-7-5-10-24-15-20)23(27)25-21-8-4-6-19(14-21)17-29-18-22-9-2-3-12-30-22/h4-8,10,14-15,22H,2-3,9,11-13,16-18H2,1H3,(H,25,27). The van der Waals surface area contributed by atoms with Gasteiger partial charge in [-0.2, -0.15) is 0 Å². The van der Waals surface area contributed by atoms with E-state index in [9.17, 15) is 4.79 Å². The van der Waals surface area contributed by atoms with Crippen LogP contribution in [-0.4, -0.2) is 55.5 Å². The van der Waals surface area contributed by atoms with Crippen LogP contribution in [0.25, 0.3) is 0 Å². The molecule has 1 aliphatic heterocycles. The summed E-state index contributed by atoms with van der Waals surface area (Å²) in [5.41, 5.74) is 2.72. The minimum atomic E-state index is -0.176. The van der Waals surface area contributed by atoms with Crippen molar-refractivity contribution >= 4 is 11.7 Å². The van der Waals surface area contributed by atoms with Crippen molar-refractivity contribution in [3.8, 4) is 0 Å². The molecule has 0 radical (unpaired) electrons. The van der Waals surface area contributed by atoms with Crippen LogP contribution in [0, 0.1) is 0 Å². The lowest BCUT2D eigenvalue weighted by molar-refractivity contribution is -0.0447. The predicted molar refractivity (Wildman–Crippen MR) is 115 cm³/mol. The molecule has 30 heavy (non-hydrogen) atoms. The molecule has 3 rings (SSSR count). The number of amides is 2. The Hall–Kier alpha value is -2.48. The van der Waals surface area contributed by atoms with Gasteiger partial charge in [-0.15, -0.1) is 0 Å². The Morgan fingerprint density at radius 1 is 1.27 bits per heavy atom. The van der Waals surface area contributed by atoms with Crippen molar-refractivity contribution < 1.29 is 19.0 Å². The maximum absolute atomic E-state index is 12.8. The first-order valence-electron chi connectivity index (χ1n) is 10.5. The second-order valence-electron chi connectivity index (χ2n) is 7.41. The number of methoxy groups -OCH3 is 1. The lowest BCUT2D eigenvalue weighted by Crippen LogP contribution is -2.36. The van der Waals surface area contributed by atoms with E-state index in [4.69, 9.17) is 14.2 Å². The van der Waals surface area contributed by atoms with Gasteiger partial charge in [0.1, 0.15) is 0 Å². The quantitative estimate of drug-likeness (QED) is 0.641. The van der Waals surface area contributed by atoms with E-state index >= 15 is 0 Å². The number of anilines is 1. The third-order valence-corrected chi connectivity index (χ3v) is 4.97. The number of nitrogens with zero attached hydrogens (tertiary/aromatic N) is 2. The van der Waals surface area contributed by atoms with Gasteiger partial charge < -0.3 is 24.4 Å². The zero-order valence-electron chi connectivity index (χ0n) is 17.6. The highest BCUT2D eigenvalue weighted by molar-refractivity contribution is 5.89. The summed E-state index contributed by atoms with van der Waals surface area (Å²) in [7, 11) is 1.63.